The molecule has 13 aromatic rings. The number of hydrogen-bond acceptors (Lipinski definition) is 5. The Balaban J connectivity index is 1.01. The molecule has 0 fully saturated rings. The summed E-state index contributed by atoms with van der Waals surface area (Å²) in [5, 5.41) is 9.03. The molecule has 6 nitrogen and oxygen atoms in total. The van der Waals surface area contributed by atoms with Crippen LogP contribution in [0.2, 0.25) is 0 Å². The van der Waals surface area contributed by atoms with Gasteiger partial charge in [0, 0.05) is 44.4 Å². The van der Waals surface area contributed by atoms with Crippen molar-refractivity contribution in [2.75, 3.05) is 0 Å². The standard InChI is InChI=1S/C58H35N5O/c1-3-13-36(14-4-1)37-23-25-40(26-24-37)57-60-56(39-16-5-2-6-17-39)61-58(62-57)46-29-28-44(42-19-9-10-20-43(42)46)45-30-32-51(55-54(45)48-33-34-59-35-52(48)64-55)63-49-22-12-11-21-47(49)53-41-18-8-7-15-38(41)27-31-50(53)63/h1-35H. The topological polar surface area (TPSA) is 69.6 Å². The van der Waals surface area contributed by atoms with Crippen LogP contribution in [0.25, 0.3) is 127 Å². The van der Waals surface area contributed by atoms with E-state index in [4.69, 9.17) is 19.4 Å². The van der Waals surface area contributed by atoms with Gasteiger partial charge in [-0.05, 0) is 74.1 Å². The molecule has 0 aliphatic heterocycles. The van der Waals surface area contributed by atoms with Crippen molar-refractivity contribution >= 4 is 65.3 Å². The molecule has 0 atom stereocenters. The van der Waals surface area contributed by atoms with Crippen LogP contribution in [0.15, 0.2) is 217 Å². The SMILES string of the molecule is c1ccc(-c2ccc(-c3nc(-c4ccccc4)nc(-c4ccc(-c5ccc(-n6c7ccccc7c7c8ccccc8ccc76)c6oc7cnccc7c56)c5ccccc45)n3)cc2)cc1. The van der Waals surface area contributed by atoms with E-state index in [1.54, 1.807) is 0 Å². The van der Waals surface area contributed by atoms with Gasteiger partial charge in [-0.2, -0.15) is 0 Å². The second kappa shape index (κ2) is 14.4. The summed E-state index contributed by atoms with van der Waals surface area (Å²) >= 11 is 0. The minimum absolute atomic E-state index is 0.609. The van der Waals surface area contributed by atoms with Gasteiger partial charge in [-0.1, -0.05) is 170 Å². The number of rotatable bonds is 6. The van der Waals surface area contributed by atoms with E-state index in [0.717, 1.165) is 88.4 Å². The summed E-state index contributed by atoms with van der Waals surface area (Å²) in [7, 11) is 0. The van der Waals surface area contributed by atoms with E-state index >= 15 is 0 Å². The van der Waals surface area contributed by atoms with Gasteiger partial charge in [0.2, 0.25) is 0 Å². The summed E-state index contributed by atoms with van der Waals surface area (Å²) in [5.41, 5.74) is 12.0. The predicted molar refractivity (Wildman–Crippen MR) is 261 cm³/mol. The van der Waals surface area contributed by atoms with Gasteiger partial charge in [-0.3, -0.25) is 4.98 Å². The zero-order chi connectivity index (χ0) is 42.1. The first-order chi connectivity index (χ1) is 31.7. The second-order valence-corrected chi connectivity index (χ2v) is 16.2. The molecule has 0 saturated heterocycles. The Labute approximate surface area is 367 Å². The number of fused-ring (bicyclic) bond motifs is 9. The van der Waals surface area contributed by atoms with Gasteiger partial charge in [0.25, 0.3) is 0 Å². The molecule has 0 N–H and O–H groups in total. The van der Waals surface area contributed by atoms with Gasteiger partial charge in [-0.15, -0.1) is 0 Å². The Morgan fingerprint density at radius 3 is 1.72 bits per heavy atom. The van der Waals surface area contributed by atoms with Crippen LogP contribution in [0, 0.1) is 0 Å². The second-order valence-electron chi connectivity index (χ2n) is 16.2. The lowest BCUT2D eigenvalue weighted by Gasteiger charge is -2.15. The Kier molecular flexibility index (Phi) is 8.11. The maximum absolute atomic E-state index is 6.89. The Bertz CT molecular complexity index is 3950. The highest BCUT2D eigenvalue weighted by Gasteiger charge is 2.23. The molecular weight excluding hydrogens is 783 g/mol. The number of para-hydroxylation sites is 1. The third-order valence-electron chi connectivity index (χ3n) is 12.6. The number of pyridine rings is 1. The zero-order valence-corrected chi connectivity index (χ0v) is 34.4. The van der Waals surface area contributed by atoms with Gasteiger partial charge >= 0.3 is 0 Å². The van der Waals surface area contributed by atoms with E-state index in [1.165, 1.54) is 21.5 Å². The molecule has 6 heteroatoms. The third kappa shape index (κ3) is 5.66. The van der Waals surface area contributed by atoms with Crippen molar-refractivity contribution in [3.05, 3.63) is 213 Å². The monoisotopic (exact) mass is 817 g/mol. The molecule has 64 heavy (non-hydrogen) atoms. The Hall–Kier alpha value is -8.74. The summed E-state index contributed by atoms with van der Waals surface area (Å²) in [6.45, 7) is 0. The average molecular weight is 818 g/mol. The molecule has 0 aliphatic rings. The van der Waals surface area contributed by atoms with E-state index in [2.05, 4.69) is 173 Å². The maximum Gasteiger partial charge on any atom is 0.164 e. The molecule has 4 aromatic heterocycles. The average Bonchev–Trinajstić information content (AvgIpc) is 3.93. The van der Waals surface area contributed by atoms with Crippen molar-refractivity contribution in [2.24, 2.45) is 0 Å². The molecule has 0 aliphatic carbocycles. The minimum Gasteiger partial charge on any atom is -0.452 e. The van der Waals surface area contributed by atoms with Gasteiger partial charge in [0.1, 0.15) is 0 Å². The Morgan fingerprint density at radius 2 is 0.938 bits per heavy atom. The van der Waals surface area contributed by atoms with Crippen LogP contribution in [-0.2, 0) is 0 Å². The molecule has 13 rings (SSSR count). The van der Waals surface area contributed by atoms with Crippen molar-refractivity contribution < 1.29 is 4.42 Å². The zero-order valence-electron chi connectivity index (χ0n) is 34.4. The van der Waals surface area contributed by atoms with Gasteiger partial charge < -0.3 is 8.98 Å². The van der Waals surface area contributed by atoms with Crippen molar-refractivity contribution in [1.82, 2.24) is 24.5 Å². The molecular formula is C58H35N5O. The molecule has 0 amide bonds. The highest BCUT2D eigenvalue weighted by Crippen LogP contribution is 2.45. The van der Waals surface area contributed by atoms with Gasteiger partial charge in [-0.25, -0.2) is 15.0 Å². The van der Waals surface area contributed by atoms with Crippen LogP contribution in [0.4, 0.5) is 0 Å². The predicted octanol–water partition coefficient (Wildman–Crippen LogP) is 14.9. The van der Waals surface area contributed by atoms with Crippen LogP contribution in [0.1, 0.15) is 0 Å². The fourth-order valence-corrected chi connectivity index (χ4v) is 9.63. The smallest absolute Gasteiger partial charge is 0.164 e. The molecule has 4 heterocycles. The van der Waals surface area contributed by atoms with Crippen LogP contribution < -0.4 is 0 Å². The van der Waals surface area contributed by atoms with Crippen LogP contribution in [-0.4, -0.2) is 24.5 Å². The molecule has 0 bridgehead atoms. The highest BCUT2D eigenvalue weighted by molar-refractivity contribution is 6.23. The summed E-state index contributed by atoms with van der Waals surface area (Å²) in [6, 6.07) is 70.2. The number of benzene rings is 9. The first kappa shape index (κ1) is 36.0. The summed E-state index contributed by atoms with van der Waals surface area (Å²) in [5.74, 6) is 1.85. The molecule has 0 unspecified atom stereocenters. The first-order valence-electron chi connectivity index (χ1n) is 21.5. The van der Waals surface area contributed by atoms with E-state index < -0.39 is 0 Å². The molecule has 0 saturated carbocycles. The minimum atomic E-state index is 0.609. The summed E-state index contributed by atoms with van der Waals surface area (Å²) in [4.78, 5) is 19.9. The highest BCUT2D eigenvalue weighted by atomic mass is 16.3. The van der Waals surface area contributed by atoms with Crippen molar-refractivity contribution in [1.29, 1.82) is 0 Å². The number of nitrogens with zero attached hydrogens (tertiary/aromatic N) is 5. The van der Waals surface area contributed by atoms with Crippen molar-refractivity contribution in [3.63, 3.8) is 0 Å². The van der Waals surface area contributed by atoms with Crippen molar-refractivity contribution in [3.8, 4) is 62.1 Å². The molecule has 0 radical (unpaired) electrons. The lowest BCUT2D eigenvalue weighted by Crippen LogP contribution is -2.01. The lowest BCUT2D eigenvalue weighted by atomic mass is 9.92. The van der Waals surface area contributed by atoms with E-state index in [0.29, 0.717) is 17.5 Å². The van der Waals surface area contributed by atoms with Gasteiger partial charge in [0.05, 0.1) is 22.9 Å². The quantitative estimate of drug-likeness (QED) is 0.167. The normalized spacial score (nSPS) is 11.8. The van der Waals surface area contributed by atoms with E-state index in [1.807, 2.05) is 48.8 Å². The van der Waals surface area contributed by atoms with Gasteiger partial charge in [0.15, 0.2) is 28.6 Å². The molecule has 298 valence electrons. The van der Waals surface area contributed by atoms with Crippen LogP contribution in [0.3, 0.4) is 0 Å². The molecule has 9 aromatic carbocycles. The number of aromatic nitrogens is 5. The Morgan fingerprint density at radius 1 is 0.359 bits per heavy atom. The maximum atomic E-state index is 6.89. The number of hydrogen-bond donors (Lipinski definition) is 0. The fourth-order valence-electron chi connectivity index (χ4n) is 9.63. The number of furan rings is 1. The third-order valence-corrected chi connectivity index (χ3v) is 12.6. The van der Waals surface area contributed by atoms with Crippen molar-refractivity contribution in [2.45, 2.75) is 0 Å². The lowest BCUT2D eigenvalue weighted by molar-refractivity contribution is 0.664. The van der Waals surface area contributed by atoms with E-state index in [9.17, 15) is 0 Å². The van der Waals surface area contributed by atoms with Crippen LogP contribution >= 0.6 is 0 Å². The first-order valence-corrected chi connectivity index (χ1v) is 21.5. The van der Waals surface area contributed by atoms with E-state index in [-0.39, 0.29) is 0 Å². The fraction of sp³-hybridized carbons (Fsp3) is 0. The summed E-state index contributed by atoms with van der Waals surface area (Å²) in [6.07, 6.45) is 3.67. The van der Waals surface area contributed by atoms with Crippen LogP contribution in [0.5, 0.6) is 0 Å². The largest absolute Gasteiger partial charge is 0.452 e. The summed E-state index contributed by atoms with van der Waals surface area (Å²) < 4.78 is 9.25. The molecule has 0 spiro atoms.